The zero-order valence-electron chi connectivity index (χ0n) is 10.0. The van der Waals surface area contributed by atoms with Crippen LogP contribution < -0.4 is 21.7 Å². The normalized spacial score (nSPS) is 13.0. The lowest BCUT2D eigenvalue weighted by molar-refractivity contribution is -0.140. The summed E-state index contributed by atoms with van der Waals surface area (Å²) < 4.78 is 0. The molecule has 0 aromatic heterocycles. The zero-order valence-corrected chi connectivity index (χ0v) is 10.0. The number of carbonyl (C=O) groups is 4. The van der Waals surface area contributed by atoms with Gasteiger partial charge in [-0.3, -0.25) is 9.59 Å². The molecule has 0 aromatic rings. The number of urea groups is 1. The van der Waals surface area contributed by atoms with Crippen molar-refractivity contribution in [2.24, 2.45) is 5.73 Å². The maximum Gasteiger partial charge on any atom is 0.326 e. The molecule has 1 unspecified atom stereocenters. The molecule has 0 fully saturated rings. The SMILES string of the molecule is CNC(=O)C(C)NC(=O)N[C@H](CC(N)=O)C(=O)O. The summed E-state index contributed by atoms with van der Waals surface area (Å²) in [5.74, 6) is -2.69. The largest absolute Gasteiger partial charge is 0.480 e. The Bertz CT molecular complexity index is 357. The summed E-state index contributed by atoms with van der Waals surface area (Å²) in [6.45, 7) is 1.42. The minimum Gasteiger partial charge on any atom is -0.480 e. The quantitative estimate of drug-likeness (QED) is 0.365. The van der Waals surface area contributed by atoms with Crippen LogP contribution in [0.3, 0.4) is 0 Å². The smallest absolute Gasteiger partial charge is 0.326 e. The highest BCUT2D eigenvalue weighted by atomic mass is 16.4. The Labute approximate surface area is 103 Å². The van der Waals surface area contributed by atoms with E-state index in [0.717, 1.165) is 0 Å². The lowest BCUT2D eigenvalue weighted by Gasteiger charge is -2.16. The molecule has 2 atom stereocenters. The summed E-state index contributed by atoms with van der Waals surface area (Å²) in [5, 5.41) is 15.3. The first kappa shape index (κ1) is 15.7. The first-order valence-corrected chi connectivity index (χ1v) is 5.07. The molecule has 0 aromatic carbocycles. The highest BCUT2D eigenvalue weighted by Crippen LogP contribution is 1.92. The number of carboxylic acid groups (broad SMARTS) is 1. The number of carbonyl (C=O) groups excluding carboxylic acids is 3. The molecule has 0 rings (SSSR count). The summed E-state index contributed by atoms with van der Waals surface area (Å²) in [4.78, 5) is 43.8. The van der Waals surface area contributed by atoms with Crippen molar-refractivity contribution in [3.8, 4) is 0 Å². The fraction of sp³-hybridized carbons (Fsp3) is 0.556. The van der Waals surface area contributed by atoms with Gasteiger partial charge < -0.3 is 26.8 Å². The van der Waals surface area contributed by atoms with Crippen LogP contribution in [0.2, 0.25) is 0 Å². The Balaban J connectivity index is 4.38. The highest BCUT2D eigenvalue weighted by Gasteiger charge is 2.23. The van der Waals surface area contributed by atoms with Gasteiger partial charge >= 0.3 is 12.0 Å². The molecule has 0 saturated carbocycles. The lowest BCUT2D eigenvalue weighted by Crippen LogP contribution is -2.52. The monoisotopic (exact) mass is 260 g/mol. The molecule has 0 heterocycles. The van der Waals surface area contributed by atoms with Gasteiger partial charge in [0, 0.05) is 7.05 Å². The molecule has 0 aliphatic carbocycles. The minimum atomic E-state index is -1.43. The number of nitrogens with two attached hydrogens (primary N) is 1. The predicted molar refractivity (Wildman–Crippen MR) is 60.4 cm³/mol. The van der Waals surface area contributed by atoms with E-state index in [1.54, 1.807) is 0 Å². The number of rotatable bonds is 6. The molecule has 0 spiro atoms. The molecule has 0 saturated heterocycles. The van der Waals surface area contributed by atoms with E-state index in [9.17, 15) is 19.2 Å². The van der Waals surface area contributed by atoms with Crippen molar-refractivity contribution >= 4 is 23.8 Å². The average molecular weight is 260 g/mol. The van der Waals surface area contributed by atoms with Crippen molar-refractivity contribution in [1.82, 2.24) is 16.0 Å². The average Bonchev–Trinajstić information content (AvgIpc) is 2.25. The molecule has 0 aliphatic rings. The van der Waals surface area contributed by atoms with Crippen LogP contribution in [0.15, 0.2) is 0 Å². The molecule has 6 N–H and O–H groups in total. The van der Waals surface area contributed by atoms with Gasteiger partial charge in [0.05, 0.1) is 6.42 Å². The summed E-state index contributed by atoms with van der Waals surface area (Å²) in [7, 11) is 1.39. The zero-order chi connectivity index (χ0) is 14.3. The maximum atomic E-state index is 11.4. The van der Waals surface area contributed by atoms with Crippen LogP contribution in [0, 0.1) is 0 Å². The fourth-order valence-electron chi connectivity index (χ4n) is 1.08. The van der Waals surface area contributed by atoms with Gasteiger partial charge in [-0.1, -0.05) is 0 Å². The minimum absolute atomic E-state index is 0.438. The molecule has 9 nitrogen and oxygen atoms in total. The summed E-state index contributed by atoms with van der Waals surface area (Å²) in [6, 6.07) is -3.14. The first-order valence-electron chi connectivity index (χ1n) is 5.07. The molecule has 102 valence electrons. The Morgan fingerprint density at radius 3 is 2.17 bits per heavy atom. The molecule has 0 radical (unpaired) electrons. The summed E-state index contributed by atoms with van der Waals surface area (Å²) in [5.41, 5.74) is 4.84. The summed E-state index contributed by atoms with van der Waals surface area (Å²) >= 11 is 0. The van der Waals surface area contributed by atoms with Crippen LogP contribution in [0.25, 0.3) is 0 Å². The van der Waals surface area contributed by atoms with Crippen LogP contribution in [0.1, 0.15) is 13.3 Å². The Kier molecular flexibility index (Phi) is 6.18. The van der Waals surface area contributed by atoms with E-state index in [-0.39, 0.29) is 0 Å². The van der Waals surface area contributed by atoms with E-state index >= 15 is 0 Å². The van der Waals surface area contributed by atoms with Gasteiger partial charge in [0.1, 0.15) is 12.1 Å². The van der Waals surface area contributed by atoms with Gasteiger partial charge in [0.25, 0.3) is 0 Å². The maximum absolute atomic E-state index is 11.4. The molecule has 9 heteroatoms. The third-order valence-corrected chi connectivity index (χ3v) is 2.00. The van der Waals surface area contributed by atoms with E-state index in [1.807, 2.05) is 5.32 Å². The standard InChI is InChI=1S/C9H16N4O5/c1-4(7(15)11-2)12-9(18)13-5(8(16)17)3-6(10)14/h4-5H,3H2,1-2H3,(H2,10,14)(H,11,15)(H,16,17)(H2,12,13,18)/t4?,5-/m1/s1. The van der Waals surface area contributed by atoms with Crippen molar-refractivity contribution in [3.05, 3.63) is 0 Å². The molecule has 0 bridgehead atoms. The second kappa shape index (κ2) is 7.09. The van der Waals surface area contributed by atoms with Crippen molar-refractivity contribution in [1.29, 1.82) is 0 Å². The predicted octanol–water partition coefficient (Wildman–Crippen LogP) is -2.25. The number of hydrogen-bond donors (Lipinski definition) is 5. The van der Waals surface area contributed by atoms with Crippen LogP contribution >= 0.6 is 0 Å². The van der Waals surface area contributed by atoms with E-state index in [2.05, 4.69) is 10.6 Å². The molecule has 0 aliphatic heterocycles. The molecule has 18 heavy (non-hydrogen) atoms. The van der Waals surface area contributed by atoms with Crippen molar-refractivity contribution in [3.63, 3.8) is 0 Å². The second-order valence-electron chi connectivity index (χ2n) is 3.51. The van der Waals surface area contributed by atoms with Gasteiger partial charge in [0.15, 0.2) is 0 Å². The molecule has 4 amide bonds. The first-order chi connectivity index (χ1) is 8.27. The van der Waals surface area contributed by atoms with Gasteiger partial charge in [-0.2, -0.15) is 0 Å². The van der Waals surface area contributed by atoms with Crippen molar-refractivity contribution in [2.45, 2.75) is 25.4 Å². The third kappa shape index (κ3) is 5.68. The van der Waals surface area contributed by atoms with E-state index in [4.69, 9.17) is 10.8 Å². The number of hydrogen-bond acceptors (Lipinski definition) is 4. The number of likely N-dealkylation sites (N-methyl/N-ethyl adjacent to an activating group) is 1. The van der Waals surface area contributed by atoms with Crippen molar-refractivity contribution < 1.29 is 24.3 Å². The third-order valence-electron chi connectivity index (χ3n) is 2.00. The van der Waals surface area contributed by atoms with E-state index < -0.39 is 42.3 Å². The van der Waals surface area contributed by atoms with Crippen LogP contribution in [-0.4, -0.2) is 48.1 Å². The number of nitrogens with one attached hydrogen (secondary N) is 3. The Morgan fingerprint density at radius 2 is 1.78 bits per heavy atom. The van der Waals surface area contributed by atoms with Crippen LogP contribution in [0.4, 0.5) is 4.79 Å². The molecular weight excluding hydrogens is 244 g/mol. The lowest BCUT2D eigenvalue weighted by atomic mass is 10.2. The van der Waals surface area contributed by atoms with Gasteiger partial charge in [-0.05, 0) is 6.92 Å². The second-order valence-corrected chi connectivity index (χ2v) is 3.51. The topological polar surface area (TPSA) is 151 Å². The van der Waals surface area contributed by atoms with Crippen LogP contribution in [0.5, 0.6) is 0 Å². The number of primary amides is 1. The van der Waals surface area contributed by atoms with Crippen molar-refractivity contribution in [2.75, 3.05) is 7.05 Å². The Morgan fingerprint density at radius 1 is 1.22 bits per heavy atom. The number of carboxylic acids is 1. The summed E-state index contributed by atoms with van der Waals surface area (Å²) in [6.07, 6.45) is -0.531. The van der Waals surface area contributed by atoms with E-state index in [1.165, 1.54) is 14.0 Å². The van der Waals surface area contributed by atoms with Gasteiger partial charge in [-0.25, -0.2) is 9.59 Å². The van der Waals surface area contributed by atoms with Gasteiger partial charge in [-0.15, -0.1) is 0 Å². The number of amides is 4. The number of aliphatic carboxylic acids is 1. The van der Waals surface area contributed by atoms with Gasteiger partial charge in [0.2, 0.25) is 11.8 Å². The van der Waals surface area contributed by atoms with Crippen LogP contribution in [-0.2, 0) is 14.4 Å². The highest BCUT2D eigenvalue weighted by molar-refractivity contribution is 5.90. The van der Waals surface area contributed by atoms with E-state index in [0.29, 0.717) is 0 Å². The molecular formula is C9H16N4O5. The Hall–Kier alpha value is -2.32. The fourth-order valence-corrected chi connectivity index (χ4v) is 1.08.